The zero-order valence-electron chi connectivity index (χ0n) is 12.5. The van der Waals surface area contributed by atoms with Crippen molar-refractivity contribution in [1.82, 2.24) is 19.5 Å². The van der Waals surface area contributed by atoms with E-state index in [9.17, 15) is 9.90 Å². The molecule has 1 fully saturated rings. The van der Waals surface area contributed by atoms with Crippen LogP contribution in [-0.2, 0) is 14.2 Å². The summed E-state index contributed by atoms with van der Waals surface area (Å²) in [6.45, 7) is 1.96. The van der Waals surface area contributed by atoms with Gasteiger partial charge in [0.15, 0.2) is 17.4 Å². The molecule has 9 nitrogen and oxygen atoms in total. The van der Waals surface area contributed by atoms with E-state index in [2.05, 4.69) is 15.0 Å². The molecule has 0 aromatic carbocycles. The Hall–Kier alpha value is -1.81. The molecule has 3 rings (SSSR count). The third-order valence-corrected chi connectivity index (χ3v) is 3.74. The highest BCUT2D eigenvalue weighted by molar-refractivity contribution is 5.69. The molecule has 0 radical (unpaired) electrons. The van der Waals surface area contributed by atoms with Gasteiger partial charge >= 0.3 is 0 Å². The Bertz CT molecular complexity index is 727. The minimum Gasteiger partial charge on any atom is -0.386 e. The zero-order chi connectivity index (χ0) is 15.9. The summed E-state index contributed by atoms with van der Waals surface area (Å²) in [6.07, 6.45) is -1.20. The van der Waals surface area contributed by atoms with Gasteiger partial charge in [0.25, 0.3) is 5.56 Å². The van der Waals surface area contributed by atoms with Crippen molar-refractivity contribution < 1.29 is 19.3 Å². The number of ether oxygens (including phenoxy) is 3. The summed E-state index contributed by atoms with van der Waals surface area (Å²) in [5.74, 6) is 0.462. The van der Waals surface area contributed by atoms with E-state index in [1.165, 1.54) is 13.4 Å². The fraction of sp³-hybridized carbons (Fsp3) is 0.615. The van der Waals surface area contributed by atoms with Gasteiger partial charge in [-0.3, -0.25) is 9.36 Å². The van der Waals surface area contributed by atoms with Crippen LogP contribution in [-0.4, -0.2) is 63.8 Å². The molecule has 2 N–H and O–H groups in total. The van der Waals surface area contributed by atoms with Crippen molar-refractivity contribution in [3.8, 4) is 0 Å². The zero-order valence-corrected chi connectivity index (χ0v) is 12.5. The van der Waals surface area contributed by atoms with Crippen LogP contribution >= 0.6 is 0 Å². The molecule has 1 aliphatic rings. The Balaban J connectivity index is 2.02. The van der Waals surface area contributed by atoms with Crippen LogP contribution in [0.5, 0.6) is 0 Å². The first-order chi connectivity index (χ1) is 10.6. The maximum atomic E-state index is 11.9. The first-order valence-electron chi connectivity index (χ1n) is 6.85. The molecule has 2 aromatic heterocycles. The lowest BCUT2D eigenvalue weighted by Crippen LogP contribution is -2.35. The molecule has 0 aliphatic carbocycles. The number of fused-ring (bicyclic) bond motifs is 1. The molecule has 2 aromatic rings. The van der Waals surface area contributed by atoms with Gasteiger partial charge in [-0.15, -0.1) is 0 Å². The standard InChI is InChI=1S/C13H18N4O5/c1-6-15-11-8(12(19)16-6)14-5-17(11)13-9(18)10(21-3)7(22-13)4-20-2/h5,7,9-10,13,18H,4H2,1-3H3,(H,15,16,19)/t7-,9+,10?,13-/m1/s1. The van der Waals surface area contributed by atoms with E-state index in [1.807, 2.05) is 0 Å². The van der Waals surface area contributed by atoms with E-state index in [-0.39, 0.29) is 17.7 Å². The number of H-pyrrole nitrogens is 1. The van der Waals surface area contributed by atoms with Crippen LogP contribution in [0.1, 0.15) is 12.1 Å². The summed E-state index contributed by atoms with van der Waals surface area (Å²) >= 11 is 0. The molecule has 9 heteroatoms. The molecule has 120 valence electrons. The van der Waals surface area contributed by atoms with Crippen LogP contribution in [0, 0.1) is 6.92 Å². The van der Waals surface area contributed by atoms with Crippen LogP contribution in [0.3, 0.4) is 0 Å². The number of nitrogens with zero attached hydrogens (tertiary/aromatic N) is 3. The summed E-state index contributed by atoms with van der Waals surface area (Å²) in [5, 5.41) is 10.4. The van der Waals surface area contributed by atoms with Crippen LogP contribution in [0.25, 0.3) is 11.2 Å². The number of aromatic nitrogens is 4. The molecular formula is C13H18N4O5. The molecule has 0 amide bonds. The molecule has 1 saturated heterocycles. The van der Waals surface area contributed by atoms with Crippen molar-refractivity contribution >= 4 is 11.2 Å². The second kappa shape index (κ2) is 5.76. The van der Waals surface area contributed by atoms with Crippen molar-refractivity contribution in [2.24, 2.45) is 0 Å². The van der Waals surface area contributed by atoms with Crippen molar-refractivity contribution in [3.05, 3.63) is 22.5 Å². The van der Waals surface area contributed by atoms with Gasteiger partial charge in [0, 0.05) is 14.2 Å². The lowest BCUT2D eigenvalue weighted by atomic mass is 10.1. The quantitative estimate of drug-likeness (QED) is 0.771. The van der Waals surface area contributed by atoms with Gasteiger partial charge in [0.05, 0.1) is 12.9 Å². The van der Waals surface area contributed by atoms with Crippen molar-refractivity contribution in [1.29, 1.82) is 0 Å². The largest absolute Gasteiger partial charge is 0.386 e. The van der Waals surface area contributed by atoms with Gasteiger partial charge in [0.1, 0.15) is 24.1 Å². The van der Waals surface area contributed by atoms with E-state index in [0.29, 0.717) is 11.5 Å². The molecule has 0 bridgehead atoms. The van der Waals surface area contributed by atoms with Gasteiger partial charge in [0.2, 0.25) is 0 Å². The maximum absolute atomic E-state index is 11.9. The Labute approximate surface area is 125 Å². The smallest absolute Gasteiger partial charge is 0.279 e. The first-order valence-corrected chi connectivity index (χ1v) is 6.85. The fourth-order valence-corrected chi connectivity index (χ4v) is 2.76. The van der Waals surface area contributed by atoms with E-state index >= 15 is 0 Å². The number of rotatable bonds is 4. The maximum Gasteiger partial charge on any atom is 0.279 e. The minimum absolute atomic E-state index is 0.200. The molecule has 22 heavy (non-hydrogen) atoms. The van der Waals surface area contributed by atoms with E-state index in [1.54, 1.807) is 18.6 Å². The average molecular weight is 310 g/mol. The number of imidazole rings is 1. The second-order valence-electron chi connectivity index (χ2n) is 5.19. The monoisotopic (exact) mass is 310 g/mol. The summed E-state index contributed by atoms with van der Waals surface area (Å²) < 4.78 is 17.8. The van der Waals surface area contributed by atoms with E-state index in [0.717, 1.165) is 0 Å². The summed E-state index contributed by atoms with van der Waals surface area (Å²) in [5.41, 5.74) is 0.231. The predicted octanol–water partition coefficient (Wildman–Crippen LogP) is -0.652. The molecule has 0 spiro atoms. The molecule has 4 atom stereocenters. The van der Waals surface area contributed by atoms with Crippen molar-refractivity contribution in [3.63, 3.8) is 0 Å². The highest BCUT2D eigenvalue weighted by atomic mass is 16.6. The molecular weight excluding hydrogens is 292 g/mol. The van der Waals surface area contributed by atoms with Gasteiger partial charge in [-0.05, 0) is 6.92 Å². The fourth-order valence-electron chi connectivity index (χ4n) is 2.76. The van der Waals surface area contributed by atoms with Crippen LogP contribution < -0.4 is 5.56 Å². The molecule has 0 saturated carbocycles. The lowest BCUT2D eigenvalue weighted by Gasteiger charge is -2.18. The Kier molecular flexibility index (Phi) is 3.96. The summed E-state index contributed by atoms with van der Waals surface area (Å²) in [4.78, 5) is 22.8. The van der Waals surface area contributed by atoms with Gasteiger partial charge in [-0.2, -0.15) is 0 Å². The normalized spacial score (nSPS) is 28.5. The van der Waals surface area contributed by atoms with Gasteiger partial charge in [-0.25, -0.2) is 9.97 Å². The number of hydrogen-bond acceptors (Lipinski definition) is 7. The molecule has 1 aliphatic heterocycles. The highest BCUT2D eigenvalue weighted by Crippen LogP contribution is 2.32. The number of aliphatic hydroxyl groups excluding tert-OH is 1. The van der Waals surface area contributed by atoms with Crippen molar-refractivity contribution in [2.45, 2.75) is 31.5 Å². The number of methoxy groups -OCH3 is 2. The topological polar surface area (TPSA) is 111 Å². The number of aromatic amines is 1. The highest BCUT2D eigenvalue weighted by Gasteiger charge is 2.45. The van der Waals surface area contributed by atoms with Crippen LogP contribution in [0.15, 0.2) is 11.1 Å². The van der Waals surface area contributed by atoms with Crippen LogP contribution in [0.4, 0.5) is 0 Å². The average Bonchev–Trinajstić information content (AvgIpc) is 3.01. The predicted molar refractivity (Wildman–Crippen MR) is 75.5 cm³/mol. The third-order valence-electron chi connectivity index (χ3n) is 3.74. The summed E-state index contributed by atoms with van der Waals surface area (Å²) in [6, 6.07) is 0. The van der Waals surface area contributed by atoms with Gasteiger partial charge < -0.3 is 24.3 Å². The van der Waals surface area contributed by atoms with Crippen LogP contribution in [0.2, 0.25) is 0 Å². The Morgan fingerprint density at radius 3 is 2.95 bits per heavy atom. The molecule has 1 unspecified atom stereocenters. The number of hydrogen-bond donors (Lipinski definition) is 2. The van der Waals surface area contributed by atoms with Crippen molar-refractivity contribution in [2.75, 3.05) is 20.8 Å². The minimum atomic E-state index is -0.927. The van der Waals surface area contributed by atoms with E-state index < -0.39 is 24.5 Å². The Morgan fingerprint density at radius 2 is 2.27 bits per heavy atom. The van der Waals surface area contributed by atoms with Gasteiger partial charge in [-0.1, -0.05) is 0 Å². The van der Waals surface area contributed by atoms with E-state index in [4.69, 9.17) is 14.2 Å². The third kappa shape index (κ3) is 2.31. The first kappa shape index (κ1) is 15.1. The number of aryl methyl sites for hydroxylation is 1. The lowest BCUT2D eigenvalue weighted by molar-refractivity contribution is -0.0612. The summed E-state index contributed by atoms with van der Waals surface area (Å²) in [7, 11) is 3.05. The number of aliphatic hydroxyl groups is 1. The number of nitrogens with one attached hydrogen (secondary N) is 1. The Morgan fingerprint density at radius 1 is 1.50 bits per heavy atom. The second-order valence-corrected chi connectivity index (χ2v) is 5.19. The SMILES string of the molecule is COC[C@H]1O[C@@H](n2cnc3c(=O)[nH]c(C)nc32)[C@@H](O)C1OC. The molecule has 3 heterocycles.